The Morgan fingerprint density at radius 2 is 1.73 bits per heavy atom. The summed E-state index contributed by atoms with van der Waals surface area (Å²) in [5, 5.41) is 2.90. The van der Waals surface area contributed by atoms with Gasteiger partial charge in [-0.05, 0) is 74.7 Å². The molecular weight excluding hydrogens is 342 g/mol. The first-order valence-electron chi connectivity index (χ1n) is 7.17. The van der Waals surface area contributed by atoms with E-state index in [1.807, 2.05) is 51.1 Å². The number of hydrogen-bond donors (Lipinski definition) is 1. The van der Waals surface area contributed by atoms with E-state index < -0.39 is 6.10 Å². The molecule has 3 nitrogen and oxygen atoms in total. The van der Waals surface area contributed by atoms with E-state index >= 15 is 0 Å². The zero-order chi connectivity index (χ0) is 16.3. The number of benzene rings is 2. The van der Waals surface area contributed by atoms with Gasteiger partial charge in [0.05, 0.1) is 0 Å². The van der Waals surface area contributed by atoms with Crippen molar-refractivity contribution in [3.63, 3.8) is 0 Å². The molecule has 4 heteroatoms. The highest BCUT2D eigenvalue weighted by Gasteiger charge is 2.16. The summed E-state index contributed by atoms with van der Waals surface area (Å²) in [7, 11) is 0. The van der Waals surface area contributed by atoms with Crippen molar-refractivity contribution >= 4 is 27.5 Å². The van der Waals surface area contributed by atoms with Crippen LogP contribution in [0, 0.1) is 20.8 Å². The van der Waals surface area contributed by atoms with Crippen molar-refractivity contribution in [2.45, 2.75) is 33.8 Å². The van der Waals surface area contributed by atoms with Crippen LogP contribution >= 0.6 is 15.9 Å². The predicted octanol–water partition coefficient (Wildman–Crippen LogP) is 4.78. The van der Waals surface area contributed by atoms with Gasteiger partial charge in [-0.1, -0.05) is 22.0 Å². The van der Waals surface area contributed by atoms with Gasteiger partial charge in [-0.2, -0.15) is 0 Å². The van der Waals surface area contributed by atoms with Gasteiger partial charge in [0.15, 0.2) is 6.10 Å². The average molecular weight is 362 g/mol. The van der Waals surface area contributed by atoms with Crippen LogP contribution in [0.15, 0.2) is 40.9 Å². The normalized spacial score (nSPS) is 11.9. The van der Waals surface area contributed by atoms with Gasteiger partial charge in [-0.25, -0.2) is 0 Å². The first-order chi connectivity index (χ1) is 10.3. The lowest BCUT2D eigenvalue weighted by atomic mass is 10.1. The molecule has 1 atom stereocenters. The van der Waals surface area contributed by atoms with Crippen LogP contribution in [0.1, 0.15) is 23.6 Å². The summed E-state index contributed by atoms with van der Waals surface area (Å²) in [5.74, 6) is 0.553. The van der Waals surface area contributed by atoms with E-state index in [-0.39, 0.29) is 5.91 Å². The van der Waals surface area contributed by atoms with Crippen molar-refractivity contribution in [2.75, 3.05) is 5.32 Å². The minimum absolute atomic E-state index is 0.162. The molecule has 0 spiro atoms. The Balaban J connectivity index is 2.05. The van der Waals surface area contributed by atoms with Gasteiger partial charge >= 0.3 is 0 Å². The molecule has 1 amide bonds. The molecule has 2 aromatic carbocycles. The van der Waals surface area contributed by atoms with Gasteiger partial charge in [-0.15, -0.1) is 0 Å². The molecule has 2 rings (SSSR count). The highest BCUT2D eigenvalue weighted by Crippen LogP contribution is 2.21. The molecule has 0 aliphatic rings. The van der Waals surface area contributed by atoms with Crippen LogP contribution in [0.3, 0.4) is 0 Å². The van der Waals surface area contributed by atoms with Crippen LogP contribution in [-0.2, 0) is 4.79 Å². The summed E-state index contributed by atoms with van der Waals surface area (Å²) >= 11 is 3.41. The van der Waals surface area contributed by atoms with Crippen molar-refractivity contribution in [2.24, 2.45) is 0 Å². The smallest absolute Gasteiger partial charge is 0.265 e. The SMILES string of the molecule is Cc1cc(C)cc(OC(C)C(=O)Nc2ccc(Br)cc2C)c1. The molecule has 0 bridgehead atoms. The van der Waals surface area contributed by atoms with E-state index in [4.69, 9.17) is 4.74 Å². The summed E-state index contributed by atoms with van der Waals surface area (Å²) in [4.78, 5) is 12.3. The molecule has 1 unspecified atom stereocenters. The van der Waals surface area contributed by atoms with Gasteiger partial charge < -0.3 is 10.1 Å². The summed E-state index contributed by atoms with van der Waals surface area (Å²) in [5.41, 5.74) is 4.03. The second kappa shape index (κ2) is 6.97. The van der Waals surface area contributed by atoms with E-state index in [0.29, 0.717) is 5.75 Å². The van der Waals surface area contributed by atoms with Gasteiger partial charge in [0.1, 0.15) is 5.75 Å². The fourth-order valence-electron chi connectivity index (χ4n) is 2.26. The summed E-state index contributed by atoms with van der Waals surface area (Å²) in [6.07, 6.45) is -0.566. The number of halogens is 1. The third kappa shape index (κ3) is 4.34. The van der Waals surface area contributed by atoms with Crippen LogP contribution in [0.25, 0.3) is 0 Å². The Morgan fingerprint density at radius 3 is 2.32 bits per heavy atom. The molecule has 0 heterocycles. The number of rotatable bonds is 4. The maximum absolute atomic E-state index is 12.3. The Hall–Kier alpha value is -1.81. The molecule has 0 radical (unpaired) electrons. The number of hydrogen-bond acceptors (Lipinski definition) is 2. The second-order valence-corrected chi connectivity index (χ2v) is 6.45. The molecule has 2 aromatic rings. The second-order valence-electron chi connectivity index (χ2n) is 5.53. The predicted molar refractivity (Wildman–Crippen MR) is 93.5 cm³/mol. The fraction of sp³-hybridized carbons (Fsp3) is 0.278. The van der Waals surface area contributed by atoms with Gasteiger partial charge in [0.2, 0.25) is 0 Å². The number of aryl methyl sites for hydroxylation is 3. The number of anilines is 1. The Morgan fingerprint density at radius 1 is 1.09 bits per heavy atom. The van der Waals surface area contributed by atoms with Gasteiger partial charge in [0, 0.05) is 10.2 Å². The first kappa shape index (κ1) is 16.6. The maximum atomic E-state index is 12.3. The van der Waals surface area contributed by atoms with Crippen LogP contribution < -0.4 is 10.1 Å². The molecule has 0 fully saturated rings. The van der Waals surface area contributed by atoms with Crippen LogP contribution in [-0.4, -0.2) is 12.0 Å². The van der Waals surface area contributed by atoms with Crippen LogP contribution in [0.2, 0.25) is 0 Å². The number of nitrogens with one attached hydrogen (secondary N) is 1. The largest absolute Gasteiger partial charge is 0.481 e. The van der Waals surface area contributed by atoms with Gasteiger partial charge in [0.25, 0.3) is 5.91 Å². The third-order valence-corrected chi connectivity index (χ3v) is 3.82. The monoisotopic (exact) mass is 361 g/mol. The van der Waals surface area contributed by atoms with Crippen molar-refractivity contribution < 1.29 is 9.53 Å². The minimum Gasteiger partial charge on any atom is -0.481 e. The number of carbonyl (C=O) groups excluding carboxylic acids is 1. The van der Waals surface area contributed by atoms with E-state index in [9.17, 15) is 4.79 Å². The van der Waals surface area contributed by atoms with Crippen molar-refractivity contribution in [3.8, 4) is 5.75 Å². The van der Waals surface area contributed by atoms with Crippen molar-refractivity contribution in [1.82, 2.24) is 0 Å². The standard InChI is InChI=1S/C18H20BrNO2/c1-11-7-12(2)9-16(8-11)22-14(4)18(21)20-17-6-5-15(19)10-13(17)3/h5-10,14H,1-4H3,(H,20,21). The Bertz CT molecular complexity index is 677. The van der Waals surface area contributed by atoms with E-state index in [2.05, 4.69) is 27.3 Å². The molecule has 0 aliphatic carbocycles. The topological polar surface area (TPSA) is 38.3 Å². The van der Waals surface area contributed by atoms with Crippen molar-refractivity contribution in [3.05, 3.63) is 57.6 Å². The molecule has 0 aromatic heterocycles. The quantitative estimate of drug-likeness (QED) is 0.850. The first-order valence-corrected chi connectivity index (χ1v) is 7.96. The average Bonchev–Trinajstić information content (AvgIpc) is 2.40. The highest BCUT2D eigenvalue weighted by atomic mass is 79.9. The lowest BCUT2D eigenvalue weighted by Crippen LogP contribution is -2.30. The Labute approximate surface area is 139 Å². The van der Waals surface area contributed by atoms with E-state index in [1.165, 1.54) is 0 Å². The molecular formula is C18H20BrNO2. The summed E-state index contributed by atoms with van der Waals surface area (Å²) < 4.78 is 6.74. The molecule has 116 valence electrons. The maximum Gasteiger partial charge on any atom is 0.265 e. The fourth-order valence-corrected chi connectivity index (χ4v) is 2.74. The zero-order valence-corrected chi connectivity index (χ0v) is 14.8. The van der Waals surface area contributed by atoms with Crippen LogP contribution in [0.5, 0.6) is 5.75 Å². The zero-order valence-electron chi connectivity index (χ0n) is 13.2. The van der Waals surface area contributed by atoms with E-state index in [1.54, 1.807) is 6.92 Å². The van der Waals surface area contributed by atoms with E-state index in [0.717, 1.165) is 26.9 Å². The third-order valence-electron chi connectivity index (χ3n) is 3.32. The lowest BCUT2D eigenvalue weighted by Gasteiger charge is -2.16. The van der Waals surface area contributed by atoms with Crippen molar-refractivity contribution in [1.29, 1.82) is 0 Å². The molecule has 1 N–H and O–H groups in total. The number of amides is 1. The summed E-state index contributed by atoms with van der Waals surface area (Å²) in [6.45, 7) is 7.72. The Kier molecular flexibility index (Phi) is 5.24. The van der Waals surface area contributed by atoms with Gasteiger partial charge in [-0.3, -0.25) is 4.79 Å². The minimum atomic E-state index is -0.566. The molecule has 0 saturated carbocycles. The molecule has 0 saturated heterocycles. The molecule has 22 heavy (non-hydrogen) atoms. The van der Waals surface area contributed by atoms with Crippen LogP contribution in [0.4, 0.5) is 5.69 Å². The summed E-state index contributed by atoms with van der Waals surface area (Å²) in [6, 6.07) is 11.7. The number of carbonyl (C=O) groups is 1. The lowest BCUT2D eigenvalue weighted by molar-refractivity contribution is -0.122. The number of ether oxygens (including phenoxy) is 1. The molecule has 0 aliphatic heterocycles. The highest BCUT2D eigenvalue weighted by molar-refractivity contribution is 9.10.